The summed E-state index contributed by atoms with van der Waals surface area (Å²) in [7, 11) is 0. The summed E-state index contributed by atoms with van der Waals surface area (Å²) in [5, 5.41) is 12.9. The molecule has 0 aromatic heterocycles. The fourth-order valence-electron chi connectivity index (χ4n) is 1.50. The van der Waals surface area contributed by atoms with E-state index in [9.17, 15) is 9.50 Å². The molecule has 0 fully saturated rings. The van der Waals surface area contributed by atoms with Gasteiger partial charge in [0.25, 0.3) is 0 Å². The summed E-state index contributed by atoms with van der Waals surface area (Å²) < 4.78 is 13.3. The number of thioether (sulfide) groups is 1. The number of nitrogens with one attached hydrogen (secondary N) is 1. The Balaban J connectivity index is 2.75. The molecule has 0 radical (unpaired) electrons. The maximum absolute atomic E-state index is 13.3. The second-order valence-electron chi connectivity index (χ2n) is 4.49. The van der Waals surface area contributed by atoms with E-state index in [0.29, 0.717) is 6.54 Å². The molecular formula is C14H22FNOS. The van der Waals surface area contributed by atoms with Crippen LogP contribution in [0.25, 0.3) is 0 Å². The van der Waals surface area contributed by atoms with Gasteiger partial charge in [-0.15, -0.1) is 11.8 Å². The summed E-state index contributed by atoms with van der Waals surface area (Å²) in [5.74, 6) is -0.211. The van der Waals surface area contributed by atoms with Gasteiger partial charge in [-0.05, 0) is 43.7 Å². The molecule has 0 aliphatic heterocycles. The summed E-state index contributed by atoms with van der Waals surface area (Å²) in [6.45, 7) is 7.44. The van der Waals surface area contributed by atoms with Crippen LogP contribution >= 0.6 is 11.8 Å². The lowest BCUT2D eigenvalue weighted by molar-refractivity contribution is 0.196. The van der Waals surface area contributed by atoms with Gasteiger partial charge in [0.1, 0.15) is 5.82 Å². The van der Waals surface area contributed by atoms with Gasteiger partial charge in [-0.3, -0.25) is 0 Å². The molecule has 2 unspecified atom stereocenters. The number of aliphatic hydroxyl groups is 1. The van der Waals surface area contributed by atoms with Gasteiger partial charge in [0.05, 0.1) is 6.10 Å². The zero-order chi connectivity index (χ0) is 13.5. The topological polar surface area (TPSA) is 32.3 Å². The molecule has 1 aromatic rings. The molecule has 102 valence electrons. The van der Waals surface area contributed by atoms with Crippen molar-refractivity contribution in [2.75, 3.05) is 6.54 Å². The average Bonchev–Trinajstić information content (AvgIpc) is 2.32. The second-order valence-corrected chi connectivity index (χ2v) is 5.91. The molecule has 0 aliphatic rings. The lowest BCUT2D eigenvalue weighted by atomic mass is 10.2. The summed E-state index contributed by atoms with van der Waals surface area (Å²) in [4.78, 5) is 1.04. The van der Waals surface area contributed by atoms with Crippen LogP contribution in [0, 0.1) is 5.82 Å². The van der Waals surface area contributed by atoms with Crippen molar-refractivity contribution in [3.05, 3.63) is 29.6 Å². The van der Waals surface area contributed by atoms with E-state index >= 15 is 0 Å². The van der Waals surface area contributed by atoms with Crippen LogP contribution in [-0.4, -0.2) is 23.0 Å². The monoisotopic (exact) mass is 271 g/mol. The Morgan fingerprint density at radius 1 is 1.39 bits per heavy atom. The van der Waals surface area contributed by atoms with Crippen LogP contribution in [0.4, 0.5) is 4.39 Å². The van der Waals surface area contributed by atoms with Gasteiger partial charge in [0.2, 0.25) is 0 Å². The van der Waals surface area contributed by atoms with E-state index in [2.05, 4.69) is 12.2 Å². The number of aliphatic hydroxyl groups excluding tert-OH is 1. The Bertz CT molecular complexity index is 371. The van der Waals surface area contributed by atoms with E-state index in [1.54, 1.807) is 30.8 Å². The fourth-order valence-corrected chi connectivity index (χ4v) is 2.53. The zero-order valence-corrected chi connectivity index (χ0v) is 12.1. The van der Waals surface area contributed by atoms with Crippen molar-refractivity contribution in [2.45, 2.75) is 50.0 Å². The minimum atomic E-state index is -0.378. The summed E-state index contributed by atoms with van der Waals surface area (Å²) in [5.41, 5.74) is 0.959. The summed E-state index contributed by atoms with van der Waals surface area (Å²) in [6.07, 6.45) is 0.679. The van der Waals surface area contributed by atoms with Crippen molar-refractivity contribution in [1.29, 1.82) is 0 Å². The number of hydrogen-bond acceptors (Lipinski definition) is 3. The lowest BCUT2D eigenvalue weighted by Gasteiger charge is -2.17. The van der Waals surface area contributed by atoms with E-state index in [0.717, 1.165) is 23.4 Å². The summed E-state index contributed by atoms with van der Waals surface area (Å²) in [6, 6.07) is 4.84. The molecule has 1 rings (SSSR count). The molecule has 0 saturated heterocycles. The van der Waals surface area contributed by atoms with Crippen LogP contribution in [0.15, 0.2) is 23.1 Å². The first-order valence-electron chi connectivity index (χ1n) is 6.38. The minimum absolute atomic E-state index is 0.0976. The maximum atomic E-state index is 13.3. The van der Waals surface area contributed by atoms with Gasteiger partial charge in [-0.1, -0.05) is 13.8 Å². The van der Waals surface area contributed by atoms with E-state index in [4.69, 9.17) is 0 Å². The number of benzene rings is 1. The quantitative estimate of drug-likeness (QED) is 0.590. The highest BCUT2D eigenvalue weighted by atomic mass is 32.2. The molecule has 4 heteroatoms. The Kier molecular flexibility index (Phi) is 6.68. The molecule has 2 nitrogen and oxygen atoms in total. The van der Waals surface area contributed by atoms with Crippen LogP contribution < -0.4 is 5.32 Å². The van der Waals surface area contributed by atoms with Crippen LogP contribution in [0.2, 0.25) is 0 Å². The highest BCUT2D eigenvalue weighted by molar-refractivity contribution is 8.00. The first kappa shape index (κ1) is 15.5. The molecule has 0 bridgehead atoms. The standard InChI is InChI=1S/C14H22FNOS/c1-4-7-16-9-12-8-13(15)5-6-14(12)18-11(3)10(2)17/h5-6,8,10-11,16-17H,4,7,9H2,1-3H3. The van der Waals surface area contributed by atoms with Gasteiger partial charge < -0.3 is 10.4 Å². The van der Waals surface area contributed by atoms with Crippen molar-refractivity contribution in [2.24, 2.45) is 0 Å². The first-order valence-corrected chi connectivity index (χ1v) is 7.26. The number of hydrogen-bond donors (Lipinski definition) is 2. The van der Waals surface area contributed by atoms with Crippen molar-refractivity contribution in [1.82, 2.24) is 5.32 Å². The first-order chi connectivity index (χ1) is 8.54. The lowest BCUT2D eigenvalue weighted by Crippen LogP contribution is -2.17. The molecule has 0 aliphatic carbocycles. The van der Waals surface area contributed by atoms with Crippen LogP contribution in [0.1, 0.15) is 32.8 Å². The predicted octanol–water partition coefficient (Wildman–Crippen LogP) is 3.19. The molecule has 0 heterocycles. The highest BCUT2D eigenvalue weighted by Gasteiger charge is 2.13. The van der Waals surface area contributed by atoms with Crippen molar-refractivity contribution in [3.8, 4) is 0 Å². The molecule has 0 amide bonds. The SMILES string of the molecule is CCCNCc1cc(F)ccc1SC(C)C(C)O. The van der Waals surface area contributed by atoms with E-state index < -0.39 is 0 Å². The van der Waals surface area contributed by atoms with E-state index in [1.807, 2.05) is 6.92 Å². The van der Waals surface area contributed by atoms with E-state index in [1.165, 1.54) is 6.07 Å². The van der Waals surface area contributed by atoms with Gasteiger partial charge >= 0.3 is 0 Å². The molecule has 1 aromatic carbocycles. The zero-order valence-electron chi connectivity index (χ0n) is 11.2. The van der Waals surface area contributed by atoms with Crippen molar-refractivity contribution in [3.63, 3.8) is 0 Å². The van der Waals surface area contributed by atoms with Crippen LogP contribution in [-0.2, 0) is 6.54 Å². The largest absolute Gasteiger partial charge is 0.392 e. The maximum Gasteiger partial charge on any atom is 0.123 e. The molecule has 0 saturated carbocycles. The molecule has 2 N–H and O–H groups in total. The third-order valence-electron chi connectivity index (χ3n) is 2.76. The van der Waals surface area contributed by atoms with Crippen LogP contribution in [0.5, 0.6) is 0 Å². The van der Waals surface area contributed by atoms with E-state index in [-0.39, 0.29) is 17.2 Å². The Morgan fingerprint density at radius 2 is 2.11 bits per heavy atom. The molecule has 18 heavy (non-hydrogen) atoms. The van der Waals surface area contributed by atoms with Gasteiger partial charge in [-0.2, -0.15) is 0 Å². The van der Waals surface area contributed by atoms with Gasteiger partial charge in [0, 0.05) is 16.7 Å². The highest BCUT2D eigenvalue weighted by Crippen LogP contribution is 2.29. The summed E-state index contributed by atoms with van der Waals surface area (Å²) >= 11 is 1.59. The predicted molar refractivity (Wildman–Crippen MR) is 75.4 cm³/mol. The average molecular weight is 271 g/mol. The number of rotatable bonds is 7. The normalized spacial score (nSPS) is 14.5. The van der Waals surface area contributed by atoms with Crippen molar-refractivity contribution >= 4 is 11.8 Å². The minimum Gasteiger partial charge on any atom is -0.392 e. The molecular weight excluding hydrogens is 249 g/mol. The smallest absolute Gasteiger partial charge is 0.123 e. The van der Waals surface area contributed by atoms with Crippen molar-refractivity contribution < 1.29 is 9.50 Å². The fraction of sp³-hybridized carbons (Fsp3) is 0.571. The Labute approximate surface area is 113 Å². The molecule has 2 atom stereocenters. The third-order valence-corrected chi connectivity index (χ3v) is 4.17. The third kappa shape index (κ3) is 4.96. The van der Waals surface area contributed by atoms with Crippen LogP contribution in [0.3, 0.4) is 0 Å². The second kappa shape index (κ2) is 7.77. The van der Waals surface area contributed by atoms with Gasteiger partial charge in [-0.25, -0.2) is 4.39 Å². The Hall–Kier alpha value is -0.580. The number of halogens is 1. The molecule has 0 spiro atoms. The van der Waals surface area contributed by atoms with Gasteiger partial charge in [0.15, 0.2) is 0 Å². The Morgan fingerprint density at radius 3 is 2.72 bits per heavy atom.